The molecule has 0 aliphatic rings. The fourth-order valence-electron chi connectivity index (χ4n) is 1.01. The van der Waals surface area contributed by atoms with Gasteiger partial charge in [0.2, 0.25) is 0 Å². The summed E-state index contributed by atoms with van der Waals surface area (Å²) in [5, 5.41) is 62.2. The Morgan fingerprint density at radius 3 is 1.71 bits per heavy atom. The average Bonchev–Trinajstić information content (AvgIpc) is 2.32. The molecule has 9 heteroatoms. The van der Waals surface area contributed by atoms with Gasteiger partial charge in [-0.3, -0.25) is 4.79 Å². The highest BCUT2D eigenvalue weighted by atomic mass is 16.4. The zero-order valence-electron chi connectivity index (χ0n) is 8.54. The number of hydrogen-bond acceptors (Lipinski definition) is 8. The molecule has 0 saturated heterocycles. The van der Waals surface area contributed by atoms with Gasteiger partial charge in [0.1, 0.15) is 24.4 Å². The van der Waals surface area contributed by atoms with Crippen molar-refractivity contribution in [1.82, 2.24) is 0 Å². The number of carboxylic acids is 1. The molecule has 9 nitrogen and oxygen atoms in total. The number of aliphatic hydroxyl groups excluding tert-OH is 6. The maximum absolute atomic E-state index is 10.7. The molecule has 7 N–H and O–H groups in total. The first-order valence-electron chi connectivity index (χ1n) is 4.52. The van der Waals surface area contributed by atoms with Crippen molar-refractivity contribution in [3.63, 3.8) is 0 Å². The van der Waals surface area contributed by atoms with Crippen molar-refractivity contribution >= 4 is 11.8 Å². The van der Waals surface area contributed by atoms with E-state index in [0.717, 1.165) is 0 Å². The molecule has 0 radical (unpaired) electrons. The second kappa shape index (κ2) is 6.59. The molecular weight excluding hydrogens is 240 g/mol. The molecule has 0 saturated carbocycles. The van der Waals surface area contributed by atoms with Crippen LogP contribution in [0.15, 0.2) is 0 Å². The van der Waals surface area contributed by atoms with Gasteiger partial charge in [0.15, 0.2) is 6.10 Å². The monoisotopic (exact) mass is 254 g/mol. The number of carbonyl (C=O) groups excluding carboxylic acids is 1. The Kier molecular flexibility index (Phi) is 6.16. The molecule has 0 aliphatic heterocycles. The number of carbonyl (C=O) groups is 2. The summed E-state index contributed by atoms with van der Waals surface area (Å²) in [6.07, 6.45) is -10.8. The van der Waals surface area contributed by atoms with Crippen molar-refractivity contribution < 1.29 is 45.3 Å². The number of rotatable bonds is 7. The molecule has 0 amide bonds. The lowest BCUT2D eigenvalue weighted by Gasteiger charge is -2.27. The third-order valence-corrected chi connectivity index (χ3v) is 2.08. The molecular formula is C8H14O9. The van der Waals surface area contributed by atoms with Gasteiger partial charge in [0.25, 0.3) is 5.78 Å². The van der Waals surface area contributed by atoms with Crippen molar-refractivity contribution in [3.05, 3.63) is 0 Å². The summed E-state index contributed by atoms with van der Waals surface area (Å²) < 4.78 is 0. The minimum Gasteiger partial charge on any atom is -0.475 e. The first-order chi connectivity index (χ1) is 7.73. The predicted octanol–water partition coefficient (Wildman–Crippen LogP) is -4.56. The lowest BCUT2D eigenvalue weighted by molar-refractivity contribution is -0.166. The summed E-state index contributed by atoms with van der Waals surface area (Å²) in [5.74, 6) is -3.80. The molecule has 0 unspecified atom stereocenters. The van der Waals surface area contributed by atoms with Gasteiger partial charge in [-0.15, -0.1) is 0 Å². The summed E-state index contributed by atoms with van der Waals surface area (Å²) in [6, 6.07) is 0. The normalized spacial score (nSPS) is 20.1. The Bertz CT molecular complexity index is 278. The predicted molar refractivity (Wildman–Crippen MR) is 49.8 cm³/mol. The van der Waals surface area contributed by atoms with Gasteiger partial charge in [-0.05, 0) is 0 Å². The van der Waals surface area contributed by atoms with Gasteiger partial charge >= 0.3 is 5.97 Å². The van der Waals surface area contributed by atoms with Gasteiger partial charge in [-0.2, -0.15) is 0 Å². The summed E-state index contributed by atoms with van der Waals surface area (Å²) in [5.41, 5.74) is 0. The van der Waals surface area contributed by atoms with Gasteiger partial charge in [-0.1, -0.05) is 0 Å². The van der Waals surface area contributed by atoms with E-state index in [9.17, 15) is 19.8 Å². The second-order valence-corrected chi connectivity index (χ2v) is 3.34. The molecule has 0 aromatic heterocycles. The van der Waals surface area contributed by atoms with Crippen LogP contribution in [-0.4, -0.2) is 84.6 Å². The van der Waals surface area contributed by atoms with Crippen LogP contribution in [0.2, 0.25) is 0 Å². The molecule has 0 aliphatic carbocycles. The number of aliphatic hydroxyl groups is 6. The fraction of sp³-hybridized carbons (Fsp3) is 0.750. The van der Waals surface area contributed by atoms with Crippen LogP contribution in [0.25, 0.3) is 0 Å². The van der Waals surface area contributed by atoms with Crippen molar-refractivity contribution in [2.24, 2.45) is 0 Å². The van der Waals surface area contributed by atoms with Gasteiger partial charge in [0, 0.05) is 0 Å². The topological polar surface area (TPSA) is 176 Å². The highest BCUT2D eigenvalue weighted by Crippen LogP contribution is 2.09. The van der Waals surface area contributed by atoms with Crippen LogP contribution in [0.1, 0.15) is 0 Å². The lowest BCUT2D eigenvalue weighted by atomic mass is 9.97. The van der Waals surface area contributed by atoms with E-state index in [1.54, 1.807) is 0 Å². The molecule has 0 bridgehead atoms. The third-order valence-electron chi connectivity index (χ3n) is 2.08. The van der Waals surface area contributed by atoms with Crippen LogP contribution in [0, 0.1) is 0 Å². The van der Waals surface area contributed by atoms with Crippen LogP contribution < -0.4 is 0 Å². The van der Waals surface area contributed by atoms with Gasteiger partial charge < -0.3 is 35.7 Å². The Balaban J connectivity index is 4.64. The molecule has 0 fully saturated rings. The summed E-state index contributed by atoms with van der Waals surface area (Å²) in [4.78, 5) is 20.9. The molecule has 0 aromatic rings. The molecule has 5 atom stereocenters. The Labute approximate surface area is 95.2 Å². The van der Waals surface area contributed by atoms with Crippen LogP contribution in [-0.2, 0) is 9.59 Å². The van der Waals surface area contributed by atoms with Gasteiger partial charge in [-0.25, -0.2) is 4.79 Å². The first kappa shape index (κ1) is 15.9. The van der Waals surface area contributed by atoms with Crippen molar-refractivity contribution in [2.75, 3.05) is 6.61 Å². The molecule has 0 heterocycles. The standard InChI is InChI=1S/C8H14O9/c9-1-2(10)3(11)4(12)5(13)6(14)7(15)8(16)17/h2-6,9-14H,1H2,(H,16,17)/t2-,3+,4-,5-,6-/m0/s1. The van der Waals surface area contributed by atoms with E-state index in [2.05, 4.69) is 0 Å². The van der Waals surface area contributed by atoms with Crippen molar-refractivity contribution in [1.29, 1.82) is 0 Å². The number of hydrogen-bond donors (Lipinski definition) is 7. The van der Waals surface area contributed by atoms with Crippen molar-refractivity contribution in [2.45, 2.75) is 30.5 Å². The van der Waals surface area contributed by atoms with E-state index in [-0.39, 0.29) is 0 Å². The maximum atomic E-state index is 10.7. The van der Waals surface area contributed by atoms with Crippen LogP contribution in [0.3, 0.4) is 0 Å². The van der Waals surface area contributed by atoms with E-state index in [0.29, 0.717) is 0 Å². The zero-order valence-corrected chi connectivity index (χ0v) is 8.54. The van der Waals surface area contributed by atoms with E-state index in [1.807, 2.05) is 0 Å². The highest BCUT2D eigenvalue weighted by molar-refractivity contribution is 6.34. The SMILES string of the molecule is O=C(O)C(=O)[C@@H](O)[C@@H](O)[C@@H](O)[C@H](O)[C@@H](O)CO. The minimum absolute atomic E-state index is 0.937. The van der Waals surface area contributed by atoms with Crippen LogP contribution in [0.4, 0.5) is 0 Å². The van der Waals surface area contributed by atoms with Gasteiger partial charge in [0.05, 0.1) is 6.61 Å². The lowest BCUT2D eigenvalue weighted by Crippen LogP contribution is -2.52. The van der Waals surface area contributed by atoms with E-state index in [4.69, 9.17) is 25.5 Å². The van der Waals surface area contributed by atoms with E-state index < -0.39 is 48.9 Å². The smallest absolute Gasteiger partial charge is 0.375 e. The average molecular weight is 254 g/mol. The number of aliphatic carboxylic acids is 1. The summed E-state index contributed by atoms with van der Waals surface area (Å²) in [7, 11) is 0. The molecule has 100 valence electrons. The quantitative estimate of drug-likeness (QED) is 0.220. The zero-order chi connectivity index (χ0) is 13.7. The van der Waals surface area contributed by atoms with E-state index >= 15 is 0 Å². The molecule has 0 aromatic carbocycles. The van der Waals surface area contributed by atoms with Crippen LogP contribution in [0.5, 0.6) is 0 Å². The molecule has 0 spiro atoms. The Morgan fingerprint density at radius 2 is 1.35 bits per heavy atom. The second-order valence-electron chi connectivity index (χ2n) is 3.34. The first-order valence-corrected chi connectivity index (χ1v) is 4.52. The third kappa shape index (κ3) is 4.00. The summed E-state index contributed by atoms with van der Waals surface area (Å²) >= 11 is 0. The maximum Gasteiger partial charge on any atom is 0.375 e. The van der Waals surface area contributed by atoms with E-state index in [1.165, 1.54) is 0 Å². The molecule has 0 rings (SSSR count). The summed E-state index contributed by atoms with van der Waals surface area (Å²) in [6.45, 7) is -0.937. The highest BCUT2D eigenvalue weighted by Gasteiger charge is 2.38. The fourth-order valence-corrected chi connectivity index (χ4v) is 1.01. The molecule has 17 heavy (non-hydrogen) atoms. The Hall–Kier alpha value is -1.10. The van der Waals surface area contributed by atoms with Crippen LogP contribution >= 0.6 is 0 Å². The van der Waals surface area contributed by atoms with Crippen molar-refractivity contribution in [3.8, 4) is 0 Å². The number of ketones is 1. The minimum atomic E-state index is -2.46. The Morgan fingerprint density at radius 1 is 0.882 bits per heavy atom. The number of carboxylic acid groups (broad SMARTS) is 1. The largest absolute Gasteiger partial charge is 0.475 e. The number of Topliss-reactive ketones (excluding diaryl/α,β-unsaturated/α-hetero) is 1.